The van der Waals surface area contributed by atoms with E-state index in [4.69, 9.17) is 4.74 Å². The van der Waals surface area contributed by atoms with Gasteiger partial charge in [0, 0.05) is 26.4 Å². The third kappa shape index (κ3) is 2.80. The van der Waals surface area contributed by atoms with Gasteiger partial charge in [0.2, 0.25) is 0 Å². The molecule has 0 bridgehead atoms. The molecule has 0 fully saturated rings. The van der Waals surface area contributed by atoms with Crippen molar-refractivity contribution in [1.82, 2.24) is 14.7 Å². The third-order valence-corrected chi connectivity index (χ3v) is 3.27. The van der Waals surface area contributed by atoms with E-state index in [2.05, 4.69) is 27.2 Å². The highest BCUT2D eigenvalue weighted by Crippen LogP contribution is 2.20. The second-order valence-corrected chi connectivity index (χ2v) is 4.46. The fourth-order valence-electron chi connectivity index (χ4n) is 1.73. The molecule has 0 aliphatic rings. The summed E-state index contributed by atoms with van der Waals surface area (Å²) >= 11 is 1.68. The quantitative estimate of drug-likeness (QED) is 0.627. The van der Waals surface area contributed by atoms with Crippen LogP contribution >= 0.6 is 11.8 Å². The molecule has 0 aliphatic heterocycles. The van der Waals surface area contributed by atoms with Crippen molar-refractivity contribution in [1.29, 1.82) is 0 Å². The van der Waals surface area contributed by atoms with Crippen LogP contribution in [0.2, 0.25) is 0 Å². The van der Waals surface area contributed by atoms with Crippen LogP contribution in [0.3, 0.4) is 0 Å². The van der Waals surface area contributed by atoms with Crippen molar-refractivity contribution < 1.29 is 4.74 Å². The van der Waals surface area contributed by atoms with Gasteiger partial charge in [0.1, 0.15) is 10.7 Å². The average Bonchev–Trinajstić information content (AvgIpc) is 2.73. The Morgan fingerprint density at radius 1 is 1.47 bits per heavy atom. The van der Waals surface area contributed by atoms with Crippen molar-refractivity contribution in [2.75, 3.05) is 26.5 Å². The zero-order valence-corrected chi connectivity index (χ0v) is 11.0. The van der Waals surface area contributed by atoms with Gasteiger partial charge < -0.3 is 14.5 Å². The molecule has 4 nitrogen and oxygen atoms in total. The van der Waals surface area contributed by atoms with E-state index in [-0.39, 0.29) is 0 Å². The molecule has 2 heterocycles. The summed E-state index contributed by atoms with van der Waals surface area (Å²) in [6, 6.07) is 6.06. The van der Waals surface area contributed by atoms with Gasteiger partial charge in [-0.05, 0) is 18.4 Å². The summed E-state index contributed by atoms with van der Waals surface area (Å²) in [7, 11) is 1.71. The summed E-state index contributed by atoms with van der Waals surface area (Å²) in [5.74, 6) is 0. The maximum Gasteiger partial charge on any atom is 0.138 e. The van der Waals surface area contributed by atoms with Gasteiger partial charge >= 0.3 is 0 Å². The molecule has 2 rings (SSSR count). The molecule has 0 amide bonds. The molecule has 0 saturated carbocycles. The Morgan fingerprint density at radius 2 is 2.35 bits per heavy atom. The number of nitrogens with zero attached hydrogens (tertiary/aromatic N) is 2. The minimum atomic E-state index is 0.728. The maximum atomic E-state index is 5.02. The smallest absolute Gasteiger partial charge is 0.138 e. The lowest BCUT2D eigenvalue weighted by atomic mass is 10.4. The second kappa shape index (κ2) is 6.05. The van der Waals surface area contributed by atoms with Gasteiger partial charge in [-0.15, -0.1) is 11.8 Å². The zero-order valence-electron chi connectivity index (χ0n) is 10.1. The van der Waals surface area contributed by atoms with E-state index in [1.807, 2.05) is 18.2 Å². The van der Waals surface area contributed by atoms with Gasteiger partial charge in [0.25, 0.3) is 0 Å². The maximum absolute atomic E-state index is 5.02. The highest BCUT2D eigenvalue weighted by atomic mass is 32.2. The van der Waals surface area contributed by atoms with Gasteiger partial charge in [0.05, 0.1) is 12.3 Å². The summed E-state index contributed by atoms with van der Waals surface area (Å²) in [6.07, 6.45) is 4.11. The molecule has 0 atom stereocenters. The van der Waals surface area contributed by atoms with Crippen LogP contribution < -0.4 is 5.32 Å². The van der Waals surface area contributed by atoms with E-state index < -0.39 is 0 Å². The number of hydrogen-bond acceptors (Lipinski definition) is 4. The molecule has 0 saturated heterocycles. The van der Waals surface area contributed by atoms with Gasteiger partial charge in [-0.1, -0.05) is 6.07 Å². The van der Waals surface area contributed by atoms with Crippen LogP contribution in [0, 0.1) is 0 Å². The van der Waals surface area contributed by atoms with Crippen LogP contribution in [0.5, 0.6) is 0 Å². The first-order chi connectivity index (χ1) is 8.36. The van der Waals surface area contributed by atoms with E-state index in [1.165, 1.54) is 5.69 Å². The van der Waals surface area contributed by atoms with Crippen LogP contribution in [0.4, 0.5) is 0 Å². The van der Waals surface area contributed by atoms with E-state index in [9.17, 15) is 0 Å². The lowest BCUT2D eigenvalue weighted by Gasteiger charge is -2.05. The summed E-state index contributed by atoms with van der Waals surface area (Å²) in [4.78, 5) is 4.58. The fourth-order valence-corrected chi connectivity index (χ4v) is 2.32. The van der Waals surface area contributed by atoms with E-state index in [1.54, 1.807) is 18.9 Å². The van der Waals surface area contributed by atoms with Gasteiger partial charge in [-0.3, -0.25) is 0 Å². The van der Waals surface area contributed by atoms with E-state index >= 15 is 0 Å². The molecule has 0 aliphatic carbocycles. The van der Waals surface area contributed by atoms with Crippen LogP contribution in [0.1, 0.15) is 5.69 Å². The monoisotopic (exact) mass is 251 g/mol. The molecule has 5 heteroatoms. The Kier molecular flexibility index (Phi) is 4.42. The number of imidazole rings is 1. The van der Waals surface area contributed by atoms with Crippen molar-refractivity contribution in [3.05, 3.63) is 30.1 Å². The topological polar surface area (TPSA) is 38.6 Å². The van der Waals surface area contributed by atoms with Crippen LogP contribution in [0.25, 0.3) is 5.65 Å². The largest absolute Gasteiger partial charge is 0.383 e. The Balaban J connectivity index is 2.18. The summed E-state index contributed by atoms with van der Waals surface area (Å²) in [5, 5.41) is 4.44. The van der Waals surface area contributed by atoms with Crippen molar-refractivity contribution >= 4 is 17.4 Å². The van der Waals surface area contributed by atoms with Crippen molar-refractivity contribution in [2.45, 2.75) is 11.6 Å². The molecule has 0 radical (unpaired) electrons. The molecule has 0 aromatic carbocycles. The van der Waals surface area contributed by atoms with Crippen molar-refractivity contribution in [2.24, 2.45) is 0 Å². The van der Waals surface area contributed by atoms with Crippen LogP contribution in [0.15, 0.2) is 29.4 Å². The molecule has 1 N–H and O–H groups in total. The predicted molar refractivity (Wildman–Crippen MR) is 70.6 cm³/mol. The normalized spacial score (nSPS) is 11.2. The number of aromatic nitrogens is 2. The number of thioether (sulfide) groups is 1. The van der Waals surface area contributed by atoms with E-state index in [0.29, 0.717) is 0 Å². The molecule has 92 valence electrons. The summed E-state index contributed by atoms with van der Waals surface area (Å²) in [5.41, 5.74) is 2.21. The number of hydrogen-bond donors (Lipinski definition) is 1. The Hall–Kier alpha value is -1.04. The number of methoxy groups -OCH3 is 1. The third-order valence-electron chi connectivity index (χ3n) is 2.56. The SMILES string of the molecule is COCCNCc1c(SC)nc2ccccn12. The first kappa shape index (κ1) is 12.4. The lowest BCUT2D eigenvalue weighted by Crippen LogP contribution is -2.19. The second-order valence-electron chi connectivity index (χ2n) is 3.67. The summed E-state index contributed by atoms with van der Waals surface area (Å²) < 4.78 is 7.15. The van der Waals surface area contributed by atoms with Crippen molar-refractivity contribution in [3.8, 4) is 0 Å². The first-order valence-electron chi connectivity index (χ1n) is 5.56. The van der Waals surface area contributed by atoms with Gasteiger partial charge in [-0.2, -0.15) is 0 Å². The predicted octanol–water partition coefficient (Wildman–Crippen LogP) is 1.79. The fraction of sp³-hybridized carbons (Fsp3) is 0.417. The number of nitrogens with one attached hydrogen (secondary N) is 1. The van der Waals surface area contributed by atoms with Gasteiger partial charge in [-0.25, -0.2) is 4.98 Å². The summed E-state index contributed by atoms with van der Waals surface area (Å²) in [6.45, 7) is 2.39. The molecule has 0 unspecified atom stereocenters. The Bertz CT molecular complexity index is 484. The molecule has 17 heavy (non-hydrogen) atoms. The highest BCUT2D eigenvalue weighted by molar-refractivity contribution is 7.98. The van der Waals surface area contributed by atoms with Crippen LogP contribution in [-0.4, -0.2) is 35.9 Å². The van der Waals surface area contributed by atoms with E-state index in [0.717, 1.165) is 30.4 Å². The van der Waals surface area contributed by atoms with Crippen LogP contribution in [-0.2, 0) is 11.3 Å². The standard InChI is InChI=1S/C12H17N3OS/c1-16-8-6-13-9-10-12(17-2)14-11-5-3-4-7-15(10)11/h3-5,7,13H,6,8-9H2,1-2H3. The minimum absolute atomic E-state index is 0.728. The molecular weight excluding hydrogens is 234 g/mol. The minimum Gasteiger partial charge on any atom is -0.383 e. The Labute approximate surface area is 105 Å². The number of ether oxygens (including phenoxy) is 1. The average molecular weight is 251 g/mol. The number of pyridine rings is 1. The molecule has 2 aromatic rings. The molecular formula is C12H17N3OS. The number of fused-ring (bicyclic) bond motifs is 1. The molecule has 0 spiro atoms. The van der Waals surface area contributed by atoms with Crippen molar-refractivity contribution in [3.63, 3.8) is 0 Å². The first-order valence-corrected chi connectivity index (χ1v) is 6.79. The number of rotatable bonds is 6. The van der Waals surface area contributed by atoms with Gasteiger partial charge in [0.15, 0.2) is 0 Å². The lowest BCUT2D eigenvalue weighted by molar-refractivity contribution is 0.199. The Morgan fingerprint density at radius 3 is 3.12 bits per heavy atom. The highest BCUT2D eigenvalue weighted by Gasteiger charge is 2.09. The zero-order chi connectivity index (χ0) is 12.1. The molecule has 2 aromatic heterocycles.